The van der Waals surface area contributed by atoms with Crippen molar-refractivity contribution in [2.75, 3.05) is 40.1 Å². The van der Waals surface area contributed by atoms with Gasteiger partial charge in [-0.05, 0) is 18.8 Å². The number of hydrogen-bond donors (Lipinski definition) is 0. The van der Waals surface area contributed by atoms with E-state index in [1.54, 1.807) is 7.11 Å². The third-order valence-corrected chi connectivity index (χ3v) is 2.86. The summed E-state index contributed by atoms with van der Waals surface area (Å²) in [6.07, 6.45) is 2.87. The lowest BCUT2D eigenvalue weighted by atomic mass is 10.0. The molecule has 0 radical (unpaired) electrons. The number of carbonyl (C=O) groups excluding carboxylic acids is 1. The highest BCUT2D eigenvalue weighted by atomic mass is 28.2. The number of esters is 1. The summed E-state index contributed by atoms with van der Waals surface area (Å²) < 4.78 is 20.5. The highest BCUT2D eigenvalue weighted by molar-refractivity contribution is 5.97. The zero-order chi connectivity index (χ0) is 13.6. The zero-order valence-corrected chi connectivity index (χ0v) is 13.4. The lowest BCUT2D eigenvalue weighted by molar-refractivity contribution is -0.138. The van der Waals surface area contributed by atoms with Gasteiger partial charge >= 0.3 is 5.97 Å². The van der Waals surface area contributed by atoms with E-state index >= 15 is 0 Å². The first-order valence-corrected chi connectivity index (χ1v) is 6.91. The van der Waals surface area contributed by atoms with Crippen LogP contribution >= 0.6 is 0 Å². The van der Waals surface area contributed by atoms with E-state index < -0.39 is 0 Å². The topological polar surface area (TPSA) is 54.0 Å². The van der Waals surface area contributed by atoms with Crippen LogP contribution in [0.2, 0.25) is 0 Å². The normalized spacial score (nSPS) is 12.3. The number of hydrogen-bond acceptors (Lipinski definition) is 5. The van der Waals surface area contributed by atoms with Crippen molar-refractivity contribution < 1.29 is 23.4 Å². The highest BCUT2D eigenvalue weighted by Gasteiger charge is 2.10. The molecule has 1 atom stereocenters. The fourth-order valence-electron chi connectivity index (χ4n) is 1.37. The molecule has 0 rings (SSSR count). The van der Waals surface area contributed by atoms with Gasteiger partial charge in [-0.15, -0.1) is 0 Å². The van der Waals surface area contributed by atoms with Crippen LogP contribution in [-0.2, 0) is 23.4 Å². The highest BCUT2D eigenvalue weighted by Crippen LogP contribution is 2.10. The molecular weight excluding hydrogens is 252 g/mol. The van der Waals surface area contributed by atoms with Gasteiger partial charge in [0.05, 0.1) is 19.8 Å². The van der Waals surface area contributed by atoms with E-state index in [1.165, 1.54) is 6.08 Å². The maximum Gasteiger partial charge on any atom is 0.330 e. The molecule has 0 aromatic rings. The number of carbonyl (C=O) groups is 1. The van der Waals surface area contributed by atoms with E-state index in [9.17, 15) is 4.79 Å². The van der Waals surface area contributed by atoms with Crippen molar-refractivity contribution in [2.45, 2.75) is 12.8 Å². The van der Waals surface area contributed by atoms with Crippen LogP contribution < -0.4 is 0 Å². The van der Waals surface area contributed by atoms with Gasteiger partial charge in [-0.25, -0.2) is 4.79 Å². The molecule has 0 fully saturated rings. The van der Waals surface area contributed by atoms with Crippen LogP contribution in [0.25, 0.3) is 0 Å². The molecule has 0 aliphatic carbocycles. The molecule has 5 nitrogen and oxygen atoms in total. The van der Waals surface area contributed by atoms with Gasteiger partial charge in [0.2, 0.25) is 0 Å². The first kappa shape index (κ1) is 17.3. The van der Waals surface area contributed by atoms with Crippen LogP contribution in [0, 0.1) is 5.92 Å². The minimum atomic E-state index is -0.381. The lowest BCUT2D eigenvalue weighted by Gasteiger charge is -2.16. The van der Waals surface area contributed by atoms with Crippen molar-refractivity contribution in [1.29, 1.82) is 0 Å². The predicted octanol–water partition coefficient (Wildman–Crippen LogP) is 0.0720. The van der Waals surface area contributed by atoms with Gasteiger partial charge in [-0.3, -0.25) is 0 Å². The molecule has 0 spiro atoms. The van der Waals surface area contributed by atoms with Gasteiger partial charge in [0.1, 0.15) is 10.5 Å². The second kappa shape index (κ2) is 12.8. The molecule has 0 bridgehead atoms. The van der Waals surface area contributed by atoms with Gasteiger partial charge < -0.3 is 18.6 Å². The second-order valence-corrected chi connectivity index (χ2v) is 4.45. The van der Waals surface area contributed by atoms with Crippen LogP contribution in [0.3, 0.4) is 0 Å². The molecule has 0 aliphatic rings. The Hall–Kier alpha value is -0.693. The van der Waals surface area contributed by atoms with E-state index in [0.717, 1.165) is 29.9 Å². The van der Waals surface area contributed by atoms with Crippen molar-refractivity contribution in [3.63, 3.8) is 0 Å². The predicted molar refractivity (Wildman–Crippen MR) is 72.5 cm³/mol. The lowest BCUT2D eigenvalue weighted by Crippen LogP contribution is -2.17. The number of rotatable bonds is 12. The van der Waals surface area contributed by atoms with Crippen LogP contribution in [0.5, 0.6) is 0 Å². The molecule has 1 unspecified atom stereocenters. The second-order valence-electron chi connectivity index (χ2n) is 3.88. The Labute approximate surface area is 112 Å². The first-order chi connectivity index (χ1) is 8.74. The van der Waals surface area contributed by atoms with Crippen molar-refractivity contribution in [3.8, 4) is 0 Å². The maximum absolute atomic E-state index is 10.9. The standard InChI is InChI=1S/C12H24O5Si/c1-3-12(13)16-6-4-11(5-7-17-18)10-15-9-8-14-2/h3,11H,1,4-10H2,2,18H3. The minimum absolute atomic E-state index is 0.341. The Morgan fingerprint density at radius 3 is 2.61 bits per heavy atom. The molecule has 0 saturated carbocycles. The van der Waals surface area contributed by atoms with E-state index in [2.05, 4.69) is 6.58 Å². The molecule has 18 heavy (non-hydrogen) atoms. The number of ether oxygens (including phenoxy) is 3. The minimum Gasteiger partial charge on any atom is -0.463 e. The molecule has 0 aromatic heterocycles. The van der Waals surface area contributed by atoms with Crippen LogP contribution in [0.4, 0.5) is 0 Å². The third kappa shape index (κ3) is 10.5. The van der Waals surface area contributed by atoms with E-state index in [0.29, 0.717) is 32.3 Å². The van der Waals surface area contributed by atoms with E-state index in [-0.39, 0.29) is 5.97 Å². The van der Waals surface area contributed by atoms with Crippen LogP contribution in [0.15, 0.2) is 12.7 Å². The van der Waals surface area contributed by atoms with Gasteiger partial charge in [0.25, 0.3) is 0 Å². The van der Waals surface area contributed by atoms with Crippen molar-refractivity contribution >= 4 is 16.5 Å². The SMILES string of the molecule is C=CC(=O)OCCC(CCO[SiH3])COCCOC. The summed E-state index contributed by atoms with van der Waals surface area (Å²) in [4.78, 5) is 10.9. The summed E-state index contributed by atoms with van der Waals surface area (Å²) in [6.45, 7) is 6.29. The molecule has 0 aromatic carbocycles. The molecule has 106 valence electrons. The Balaban J connectivity index is 3.75. The molecule has 0 amide bonds. The molecule has 0 heterocycles. The quantitative estimate of drug-likeness (QED) is 0.219. The maximum atomic E-state index is 10.9. The molecule has 0 N–H and O–H groups in total. The molecule has 0 saturated heterocycles. The third-order valence-electron chi connectivity index (χ3n) is 2.45. The van der Waals surface area contributed by atoms with Crippen LogP contribution in [0.1, 0.15) is 12.8 Å². The summed E-state index contributed by atoms with van der Waals surface area (Å²) >= 11 is 0. The van der Waals surface area contributed by atoms with Gasteiger partial charge in [0, 0.05) is 26.4 Å². The Morgan fingerprint density at radius 1 is 1.28 bits per heavy atom. The Bertz CT molecular complexity index is 223. The summed E-state index contributed by atoms with van der Waals surface area (Å²) in [5.41, 5.74) is 0. The monoisotopic (exact) mass is 276 g/mol. The fourth-order valence-corrected chi connectivity index (χ4v) is 1.61. The largest absolute Gasteiger partial charge is 0.463 e. The van der Waals surface area contributed by atoms with E-state index in [4.69, 9.17) is 18.6 Å². The Kier molecular flexibility index (Phi) is 12.3. The summed E-state index contributed by atoms with van der Waals surface area (Å²) in [5, 5.41) is 0. The van der Waals surface area contributed by atoms with Crippen molar-refractivity contribution in [1.82, 2.24) is 0 Å². The van der Waals surface area contributed by atoms with Gasteiger partial charge in [-0.2, -0.15) is 0 Å². The smallest absolute Gasteiger partial charge is 0.330 e. The van der Waals surface area contributed by atoms with Gasteiger partial charge in [0.15, 0.2) is 0 Å². The summed E-state index contributed by atoms with van der Waals surface area (Å²) in [6, 6.07) is 0. The first-order valence-electron chi connectivity index (χ1n) is 6.09. The molecular formula is C12H24O5Si. The average Bonchev–Trinajstić information content (AvgIpc) is 2.39. The average molecular weight is 276 g/mol. The van der Waals surface area contributed by atoms with Gasteiger partial charge in [-0.1, -0.05) is 6.58 Å². The Morgan fingerprint density at radius 2 is 2.00 bits per heavy atom. The molecule has 6 heteroatoms. The van der Waals surface area contributed by atoms with Crippen molar-refractivity contribution in [2.24, 2.45) is 5.92 Å². The zero-order valence-electron chi connectivity index (χ0n) is 11.4. The van der Waals surface area contributed by atoms with Crippen molar-refractivity contribution in [3.05, 3.63) is 12.7 Å². The fraction of sp³-hybridized carbons (Fsp3) is 0.750. The molecule has 0 aliphatic heterocycles. The van der Waals surface area contributed by atoms with Crippen LogP contribution in [-0.4, -0.2) is 56.6 Å². The number of methoxy groups -OCH3 is 1. The van der Waals surface area contributed by atoms with E-state index in [1.807, 2.05) is 0 Å². The summed E-state index contributed by atoms with van der Waals surface area (Å²) in [5.74, 6) is -0.0402. The summed E-state index contributed by atoms with van der Waals surface area (Å²) in [7, 11) is 2.39.